The van der Waals surface area contributed by atoms with E-state index in [4.69, 9.17) is 0 Å². The predicted molar refractivity (Wildman–Crippen MR) is 58.7 cm³/mol. The fraction of sp³-hybridized carbons (Fsp3) is 0.250. The minimum atomic E-state index is -4.37. The molecule has 0 aliphatic rings. The van der Waals surface area contributed by atoms with Crippen LogP contribution < -0.4 is 0 Å². The molecule has 1 heterocycles. The third-order valence-corrected chi connectivity index (χ3v) is 2.57. The molecule has 0 aliphatic carbocycles. The number of hydrogen-bond donors (Lipinski definition) is 1. The number of alkyl halides is 3. The summed E-state index contributed by atoms with van der Waals surface area (Å²) in [6.45, 7) is 0. The number of aryl methyl sites for hydroxylation is 1. The summed E-state index contributed by atoms with van der Waals surface area (Å²) in [6, 6.07) is 6.01. The minimum Gasteiger partial charge on any atom is -0.382 e. The van der Waals surface area contributed by atoms with Crippen molar-refractivity contribution in [2.75, 3.05) is 0 Å². The molecule has 18 heavy (non-hydrogen) atoms. The van der Waals surface area contributed by atoms with Crippen molar-refractivity contribution in [3.05, 3.63) is 53.3 Å². The number of halogens is 3. The highest BCUT2D eigenvalue weighted by molar-refractivity contribution is 5.29. The molecular weight excluding hydrogens is 245 g/mol. The van der Waals surface area contributed by atoms with E-state index in [-0.39, 0.29) is 0 Å². The Morgan fingerprint density at radius 3 is 2.22 bits per heavy atom. The Balaban J connectivity index is 2.24. The number of hydrogen-bond acceptors (Lipinski definition) is 2. The highest BCUT2D eigenvalue weighted by Gasteiger charge is 2.30. The Bertz CT molecular complexity index is 531. The van der Waals surface area contributed by atoms with Crippen molar-refractivity contribution < 1.29 is 18.3 Å². The summed E-state index contributed by atoms with van der Waals surface area (Å²) >= 11 is 0. The van der Waals surface area contributed by atoms with E-state index in [9.17, 15) is 18.3 Å². The summed E-state index contributed by atoms with van der Waals surface area (Å²) in [6.07, 6.45) is -3.73. The lowest BCUT2D eigenvalue weighted by Crippen LogP contribution is -2.06. The van der Waals surface area contributed by atoms with Gasteiger partial charge in [0, 0.05) is 13.2 Å². The molecule has 0 saturated carbocycles. The van der Waals surface area contributed by atoms with Gasteiger partial charge in [-0.1, -0.05) is 12.1 Å². The zero-order valence-corrected chi connectivity index (χ0v) is 9.52. The normalized spacial score (nSPS) is 13.6. The first-order chi connectivity index (χ1) is 8.38. The van der Waals surface area contributed by atoms with Crippen LogP contribution in [0.3, 0.4) is 0 Å². The van der Waals surface area contributed by atoms with Crippen molar-refractivity contribution in [3.8, 4) is 0 Å². The van der Waals surface area contributed by atoms with Crippen LogP contribution in [0.2, 0.25) is 0 Å². The van der Waals surface area contributed by atoms with Crippen molar-refractivity contribution in [2.45, 2.75) is 12.3 Å². The van der Waals surface area contributed by atoms with Gasteiger partial charge in [0.05, 0.1) is 11.3 Å². The molecule has 2 rings (SSSR count). The lowest BCUT2D eigenvalue weighted by atomic mass is 10.0. The van der Waals surface area contributed by atoms with E-state index in [2.05, 4.69) is 5.10 Å². The summed E-state index contributed by atoms with van der Waals surface area (Å²) in [5.74, 6) is 0. The van der Waals surface area contributed by atoms with Gasteiger partial charge in [-0.3, -0.25) is 4.68 Å². The van der Waals surface area contributed by atoms with Gasteiger partial charge in [0.1, 0.15) is 6.10 Å². The molecule has 1 N–H and O–H groups in total. The van der Waals surface area contributed by atoms with Crippen LogP contribution in [0, 0.1) is 0 Å². The summed E-state index contributed by atoms with van der Waals surface area (Å²) in [7, 11) is 1.70. The zero-order valence-electron chi connectivity index (χ0n) is 9.52. The first-order valence-electron chi connectivity index (χ1n) is 5.22. The highest BCUT2D eigenvalue weighted by Crippen LogP contribution is 2.30. The van der Waals surface area contributed by atoms with Crippen LogP contribution >= 0.6 is 0 Å². The molecule has 1 atom stereocenters. The third kappa shape index (κ3) is 2.53. The molecule has 0 aliphatic heterocycles. The Kier molecular flexibility index (Phi) is 3.13. The number of aromatic nitrogens is 2. The van der Waals surface area contributed by atoms with E-state index in [1.54, 1.807) is 19.3 Å². The van der Waals surface area contributed by atoms with Crippen LogP contribution in [0.4, 0.5) is 13.2 Å². The highest BCUT2D eigenvalue weighted by atomic mass is 19.4. The van der Waals surface area contributed by atoms with Crippen LogP contribution in [0.25, 0.3) is 0 Å². The number of aliphatic hydroxyl groups excluding tert-OH is 1. The average Bonchev–Trinajstić information content (AvgIpc) is 2.74. The van der Waals surface area contributed by atoms with Gasteiger partial charge < -0.3 is 5.11 Å². The number of nitrogens with zero attached hydrogens (tertiary/aromatic N) is 2. The van der Waals surface area contributed by atoms with Gasteiger partial charge in [0.25, 0.3) is 0 Å². The van der Waals surface area contributed by atoms with Gasteiger partial charge in [-0.05, 0) is 23.8 Å². The van der Waals surface area contributed by atoms with Crippen molar-refractivity contribution in [1.82, 2.24) is 9.78 Å². The standard InChI is InChI=1S/C12H11F3N2O/c1-17-7-6-10(16-17)11(18)8-2-4-9(5-3-8)12(13,14)15/h2-7,11,18H,1H3. The van der Waals surface area contributed by atoms with Crippen molar-refractivity contribution >= 4 is 0 Å². The van der Waals surface area contributed by atoms with Crippen LogP contribution in [-0.4, -0.2) is 14.9 Å². The molecule has 96 valence electrons. The topological polar surface area (TPSA) is 38.0 Å². The van der Waals surface area contributed by atoms with Gasteiger partial charge in [0.15, 0.2) is 0 Å². The smallest absolute Gasteiger partial charge is 0.382 e. The van der Waals surface area contributed by atoms with Crippen LogP contribution in [-0.2, 0) is 13.2 Å². The molecule has 0 bridgehead atoms. The van der Waals surface area contributed by atoms with Crippen molar-refractivity contribution in [1.29, 1.82) is 0 Å². The van der Waals surface area contributed by atoms with Gasteiger partial charge in [-0.15, -0.1) is 0 Å². The number of benzene rings is 1. The fourth-order valence-electron chi connectivity index (χ4n) is 1.60. The lowest BCUT2D eigenvalue weighted by molar-refractivity contribution is -0.137. The Hall–Kier alpha value is -1.82. The van der Waals surface area contributed by atoms with Crippen molar-refractivity contribution in [2.24, 2.45) is 7.05 Å². The van der Waals surface area contributed by atoms with Crippen LogP contribution in [0.5, 0.6) is 0 Å². The largest absolute Gasteiger partial charge is 0.416 e. The number of rotatable bonds is 2. The second-order valence-corrected chi connectivity index (χ2v) is 3.94. The maximum atomic E-state index is 12.4. The molecule has 0 fully saturated rings. The van der Waals surface area contributed by atoms with E-state index in [0.717, 1.165) is 12.1 Å². The predicted octanol–water partition coefficient (Wildman–Crippen LogP) is 2.52. The van der Waals surface area contributed by atoms with Gasteiger partial charge in [0.2, 0.25) is 0 Å². The molecule has 2 aromatic rings. The molecule has 1 aromatic carbocycles. The van der Waals surface area contributed by atoms with E-state index < -0.39 is 17.8 Å². The van der Waals surface area contributed by atoms with Gasteiger partial charge >= 0.3 is 6.18 Å². The average molecular weight is 256 g/mol. The molecule has 0 amide bonds. The Morgan fingerprint density at radius 1 is 1.17 bits per heavy atom. The maximum Gasteiger partial charge on any atom is 0.416 e. The van der Waals surface area contributed by atoms with E-state index in [0.29, 0.717) is 11.3 Å². The van der Waals surface area contributed by atoms with Crippen molar-refractivity contribution in [3.63, 3.8) is 0 Å². The SMILES string of the molecule is Cn1ccc(C(O)c2ccc(C(F)(F)F)cc2)n1. The van der Waals surface area contributed by atoms with Crippen LogP contribution in [0.15, 0.2) is 36.5 Å². The second kappa shape index (κ2) is 4.45. The van der Waals surface area contributed by atoms with E-state index >= 15 is 0 Å². The summed E-state index contributed by atoms with van der Waals surface area (Å²) < 4.78 is 38.6. The first kappa shape index (κ1) is 12.6. The quantitative estimate of drug-likeness (QED) is 0.896. The fourth-order valence-corrected chi connectivity index (χ4v) is 1.60. The summed E-state index contributed by atoms with van der Waals surface area (Å²) in [4.78, 5) is 0. The first-order valence-corrected chi connectivity index (χ1v) is 5.22. The zero-order chi connectivity index (χ0) is 13.3. The molecule has 1 unspecified atom stereocenters. The van der Waals surface area contributed by atoms with E-state index in [1.165, 1.54) is 16.8 Å². The molecule has 1 aromatic heterocycles. The van der Waals surface area contributed by atoms with Crippen LogP contribution in [0.1, 0.15) is 22.9 Å². The molecule has 0 spiro atoms. The minimum absolute atomic E-state index is 0.377. The summed E-state index contributed by atoms with van der Waals surface area (Å²) in [5.41, 5.74) is 0.0402. The Labute approximate surface area is 101 Å². The molecule has 0 radical (unpaired) electrons. The van der Waals surface area contributed by atoms with Gasteiger partial charge in [-0.2, -0.15) is 18.3 Å². The molecule has 0 saturated heterocycles. The maximum absolute atomic E-state index is 12.4. The number of aliphatic hydroxyl groups is 1. The second-order valence-electron chi connectivity index (χ2n) is 3.94. The van der Waals surface area contributed by atoms with Gasteiger partial charge in [-0.25, -0.2) is 0 Å². The lowest BCUT2D eigenvalue weighted by Gasteiger charge is -2.10. The molecule has 3 nitrogen and oxygen atoms in total. The van der Waals surface area contributed by atoms with E-state index in [1.807, 2.05) is 0 Å². The summed E-state index contributed by atoms with van der Waals surface area (Å²) in [5, 5.41) is 13.9. The molecule has 6 heteroatoms. The molecular formula is C12H11F3N2O. The Morgan fingerprint density at radius 2 is 1.78 bits per heavy atom. The third-order valence-electron chi connectivity index (χ3n) is 2.57. The monoisotopic (exact) mass is 256 g/mol.